The molecule has 1 aromatic heterocycles. The summed E-state index contributed by atoms with van der Waals surface area (Å²) in [7, 11) is 0. The highest BCUT2D eigenvalue weighted by molar-refractivity contribution is 5.35. The van der Waals surface area contributed by atoms with Crippen molar-refractivity contribution in [3.63, 3.8) is 0 Å². The predicted octanol–water partition coefficient (Wildman–Crippen LogP) is 2.82. The minimum atomic E-state index is -0.0236. The molecule has 3 rings (SSSR count). The molecule has 1 saturated carbocycles. The summed E-state index contributed by atoms with van der Waals surface area (Å²) in [6.45, 7) is 2.51. The topological polar surface area (TPSA) is 53.1 Å². The number of ether oxygens (including phenoxy) is 1. The van der Waals surface area contributed by atoms with Gasteiger partial charge in [-0.05, 0) is 25.8 Å². The molecular formula is C15H19N3O. The monoisotopic (exact) mass is 257 g/mol. The Bertz CT molecular complexity index is 558. The summed E-state index contributed by atoms with van der Waals surface area (Å²) in [6.07, 6.45) is 6.28. The van der Waals surface area contributed by atoms with Crippen molar-refractivity contribution in [3.05, 3.63) is 48.0 Å². The number of nitrogens with zero attached hydrogens (tertiary/aromatic N) is 2. The normalized spacial score (nSPS) is 16.3. The fourth-order valence-corrected chi connectivity index (χ4v) is 2.27. The van der Waals surface area contributed by atoms with E-state index in [4.69, 9.17) is 10.5 Å². The van der Waals surface area contributed by atoms with Gasteiger partial charge in [-0.3, -0.25) is 0 Å². The molecule has 1 fully saturated rings. The molecule has 4 nitrogen and oxygen atoms in total. The van der Waals surface area contributed by atoms with Gasteiger partial charge in [0.05, 0.1) is 18.2 Å². The Morgan fingerprint density at radius 3 is 2.95 bits per heavy atom. The number of imidazole rings is 1. The van der Waals surface area contributed by atoms with E-state index in [2.05, 4.69) is 9.55 Å². The Kier molecular flexibility index (Phi) is 3.25. The SMILES string of the molecule is C[C@@H](N)c1ccccc1OCc1cncn1C1CC1. The van der Waals surface area contributed by atoms with Crippen LogP contribution < -0.4 is 10.5 Å². The van der Waals surface area contributed by atoms with Crippen molar-refractivity contribution in [2.24, 2.45) is 5.73 Å². The average molecular weight is 257 g/mol. The van der Waals surface area contributed by atoms with Crippen LogP contribution in [0.25, 0.3) is 0 Å². The van der Waals surface area contributed by atoms with Crippen molar-refractivity contribution < 1.29 is 4.74 Å². The van der Waals surface area contributed by atoms with Crippen molar-refractivity contribution in [2.75, 3.05) is 0 Å². The summed E-state index contributed by atoms with van der Waals surface area (Å²) in [5, 5.41) is 0. The number of hydrogen-bond donors (Lipinski definition) is 1. The van der Waals surface area contributed by atoms with E-state index in [9.17, 15) is 0 Å². The summed E-state index contributed by atoms with van der Waals surface area (Å²) in [6, 6.07) is 8.54. The van der Waals surface area contributed by atoms with E-state index >= 15 is 0 Å². The zero-order valence-corrected chi connectivity index (χ0v) is 11.1. The lowest BCUT2D eigenvalue weighted by Gasteiger charge is -2.14. The quantitative estimate of drug-likeness (QED) is 0.896. The fraction of sp³-hybridized carbons (Fsp3) is 0.400. The second-order valence-corrected chi connectivity index (χ2v) is 5.14. The lowest BCUT2D eigenvalue weighted by Crippen LogP contribution is -2.09. The zero-order chi connectivity index (χ0) is 13.2. The molecule has 19 heavy (non-hydrogen) atoms. The van der Waals surface area contributed by atoms with Crippen LogP contribution in [-0.4, -0.2) is 9.55 Å². The molecule has 0 saturated heterocycles. The first-order valence-electron chi connectivity index (χ1n) is 6.73. The molecule has 1 atom stereocenters. The molecule has 0 radical (unpaired) electrons. The molecule has 4 heteroatoms. The molecule has 1 heterocycles. The lowest BCUT2D eigenvalue weighted by atomic mass is 10.1. The van der Waals surface area contributed by atoms with Crippen LogP contribution in [0.5, 0.6) is 5.75 Å². The van der Waals surface area contributed by atoms with Crippen LogP contribution in [0, 0.1) is 0 Å². The van der Waals surface area contributed by atoms with Gasteiger partial charge in [-0.15, -0.1) is 0 Å². The minimum absolute atomic E-state index is 0.0236. The van der Waals surface area contributed by atoms with Gasteiger partial charge >= 0.3 is 0 Å². The molecular weight excluding hydrogens is 238 g/mol. The van der Waals surface area contributed by atoms with Crippen molar-refractivity contribution in [1.82, 2.24) is 9.55 Å². The van der Waals surface area contributed by atoms with Gasteiger partial charge in [-0.25, -0.2) is 4.98 Å². The molecule has 0 unspecified atom stereocenters. The first-order chi connectivity index (χ1) is 9.25. The van der Waals surface area contributed by atoms with Crippen LogP contribution in [0.4, 0.5) is 0 Å². The third kappa shape index (κ3) is 2.63. The van der Waals surface area contributed by atoms with Crippen LogP contribution in [0.15, 0.2) is 36.8 Å². The van der Waals surface area contributed by atoms with Crippen molar-refractivity contribution in [1.29, 1.82) is 0 Å². The highest BCUT2D eigenvalue weighted by atomic mass is 16.5. The molecule has 0 aliphatic heterocycles. The van der Waals surface area contributed by atoms with Gasteiger partial charge in [-0.1, -0.05) is 18.2 Å². The van der Waals surface area contributed by atoms with E-state index < -0.39 is 0 Å². The van der Waals surface area contributed by atoms with Crippen molar-refractivity contribution in [2.45, 2.75) is 38.5 Å². The van der Waals surface area contributed by atoms with Gasteiger partial charge in [-0.2, -0.15) is 0 Å². The maximum atomic E-state index is 5.95. The Hall–Kier alpha value is -1.81. The van der Waals surface area contributed by atoms with Gasteiger partial charge in [0.1, 0.15) is 12.4 Å². The number of hydrogen-bond acceptors (Lipinski definition) is 3. The third-order valence-corrected chi connectivity index (χ3v) is 3.47. The minimum Gasteiger partial charge on any atom is -0.487 e. The molecule has 1 aromatic carbocycles. The first kappa shape index (κ1) is 12.2. The van der Waals surface area contributed by atoms with Gasteiger partial charge in [0.25, 0.3) is 0 Å². The van der Waals surface area contributed by atoms with E-state index in [-0.39, 0.29) is 6.04 Å². The van der Waals surface area contributed by atoms with E-state index in [0.717, 1.165) is 17.0 Å². The smallest absolute Gasteiger partial charge is 0.130 e. The van der Waals surface area contributed by atoms with Gasteiger partial charge in [0, 0.05) is 17.6 Å². The molecule has 1 aliphatic rings. The Morgan fingerprint density at radius 1 is 1.42 bits per heavy atom. The number of rotatable bonds is 5. The van der Waals surface area contributed by atoms with Crippen LogP contribution in [-0.2, 0) is 6.61 Å². The van der Waals surface area contributed by atoms with Crippen molar-refractivity contribution in [3.8, 4) is 5.75 Å². The molecule has 0 spiro atoms. The van der Waals surface area contributed by atoms with E-state index in [1.54, 1.807) is 0 Å². The molecule has 0 amide bonds. The number of nitrogens with two attached hydrogens (primary N) is 1. The van der Waals surface area contributed by atoms with Gasteiger partial charge < -0.3 is 15.0 Å². The second-order valence-electron chi connectivity index (χ2n) is 5.14. The van der Waals surface area contributed by atoms with Crippen LogP contribution >= 0.6 is 0 Å². The first-order valence-corrected chi connectivity index (χ1v) is 6.73. The van der Waals surface area contributed by atoms with Crippen LogP contribution in [0.3, 0.4) is 0 Å². The summed E-state index contributed by atoms with van der Waals surface area (Å²) >= 11 is 0. The lowest BCUT2D eigenvalue weighted by molar-refractivity contribution is 0.290. The molecule has 2 aromatic rings. The molecule has 1 aliphatic carbocycles. The van der Waals surface area contributed by atoms with Crippen LogP contribution in [0.1, 0.15) is 43.1 Å². The Morgan fingerprint density at radius 2 is 2.21 bits per heavy atom. The summed E-state index contributed by atoms with van der Waals surface area (Å²) < 4.78 is 8.14. The van der Waals surface area contributed by atoms with Crippen LogP contribution in [0.2, 0.25) is 0 Å². The Balaban J connectivity index is 1.73. The van der Waals surface area contributed by atoms with Crippen molar-refractivity contribution >= 4 is 0 Å². The number of para-hydroxylation sites is 1. The van der Waals surface area contributed by atoms with E-state index in [1.165, 1.54) is 12.8 Å². The number of benzene rings is 1. The maximum absolute atomic E-state index is 5.95. The summed E-state index contributed by atoms with van der Waals surface area (Å²) in [5.74, 6) is 0.862. The highest BCUT2D eigenvalue weighted by Gasteiger charge is 2.25. The maximum Gasteiger partial charge on any atom is 0.130 e. The zero-order valence-electron chi connectivity index (χ0n) is 11.1. The fourth-order valence-electron chi connectivity index (χ4n) is 2.27. The van der Waals surface area contributed by atoms with E-state index in [1.807, 2.05) is 43.7 Å². The second kappa shape index (κ2) is 5.05. The standard InChI is InChI=1S/C15H19N3O/c1-11(16)14-4-2-3-5-15(14)19-9-13-8-17-10-18(13)12-6-7-12/h2-5,8,10-12H,6-7,9,16H2,1H3/t11-/m1/s1. The predicted molar refractivity (Wildman–Crippen MR) is 73.9 cm³/mol. The summed E-state index contributed by atoms with van der Waals surface area (Å²) in [4.78, 5) is 4.21. The van der Waals surface area contributed by atoms with Gasteiger partial charge in [0.2, 0.25) is 0 Å². The summed E-state index contributed by atoms with van der Waals surface area (Å²) in [5.41, 5.74) is 8.12. The molecule has 0 bridgehead atoms. The number of aromatic nitrogens is 2. The molecule has 100 valence electrons. The third-order valence-electron chi connectivity index (χ3n) is 3.47. The van der Waals surface area contributed by atoms with E-state index in [0.29, 0.717) is 12.6 Å². The van der Waals surface area contributed by atoms with Gasteiger partial charge in [0.15, 0.2) is 0 Å². The highest BCUT2D eigenvalue weighted by Crippen LogP contribution is 2.36. The molecule has 2 N–H and O–H groups in total. The Labute approximate surface area is 113 Å². The largest absolute Gasteiger partial charge is 0.487 e. The average Bonchev–Trinajstić information content (AvgIpc) is 3.15.